The third kappa shape index (κ3) is 5.12. The number of benzene rings is 1. The number of amides is 1. The van der Waals surface area contributed by atoms with Gasteiger partial charge in [0.05, 0.1) is 5.56 Å². The Labute approximate surface area is 113 Å². The van der Waals surface area contributed by atoms with Gasteiger partial charge in [-0.25, -0.2) is 4.79 Å². The van der Waals surface area contributed by atoms with Crippen LogP contribution in [-0.4, -0.2) is 23.0 Å². The van der Waals surface area contributed by atoms with Gasteiger partial charge >= 0.3 is 5.97 Å². The third-order valence-corrected chi connectivity index (χ3v) is 2.95. The Kier molecular flexibility index (Phi) is 5.55. The number of aromatic carboxylic acids is 1. The molecule has 0 saturated heterocycles. The summed E-state index contributed by atoms with van der Waals surface area (Å²) in [7, 11) is 0. The van der Waals surface area contributed by atoms with E-state index in [9.17, 15) is 9.59 Å². The maximum absolute atomic E-state index is 11.9. The first-order valence-corrected chi connectivity index (χ1v) is 6.54. The minimum Gasteiger partial charge on any atom is -0.478 e. The van der Waals surface area contributed by atoms with Crippen molar-refractivity contribution in [1.29, 1.82) is 0 Å². The van der Waals surface area contributed by atoms with Gasteiger partial charge in [0.1, 0.15) is 0 Å². The van der Waals surface area contributed by atoms with Gasteiger partial charge in [0.2, 0.25) is 0 Å². The molecule has 2 N–H and O–H groups in total. The van der Waals surface area contributed by atoms with E-state index in [-0.39, 0.29) is 17.5 Å². The number of carbonyl (C=O) groups excluding carboxylic acids is 1. The fourth-order valence-corrected chi connectivity index (χ4v) is 1.73. The molecule has 0 aliphatic heterocycles. The van der Waals surface area contributed by atoms with E-state index >= 15 is 0 Å². The molecule has 4 heteroatoms. The highest BCUT2D eigenvalue weighted by Crippen LogP contribution is 2.08. The van der Waals surface area contributed by atoms with E-state index in [1.54, 1.807) is 0 Å². The number of carbonyl (C=O) groups is 2. The first-order chi connectivity index (χ1) is 8.90. The number of carboxylic acids is 1. The van der Waals surface area contributed by atoms with Crippen molar-refractivity contribution < 1.29 is 14.7 Å². The third-order valence-electron chi connectivity index (χ3n) is 2.95. The summed E-state index contributed by atoms with van der Waals surface area (Å²) in [4.78, 5) is 22.6. The van der Waals surface area contributed by atoms with Crippen molar-refractivity contribution in [3.63, 3.8) is 0 Å². The summed E-state index contributed by atoms with van der Waals surface area (Å²) in [5.41, 5.74) is 0.672. The van der Waals surface area contributed by atoms with Crippen LogP contribution < -0.4 is 5.32 Å². The van der Waals surface area contributed by atoms with Crippen LogP contribution in [0.1, 0.15) is 54.3 Å². The van der Waals surface area contributed by atoms with E-state index in [0.29, 0.717) is 11.5 Å². The molecule has 0 heterocycles. The lowest BCUT2D eigenvalue weighted by molar-refractivity contribution is 0.0696. The number of hydrogen-bond donors (Lipinski definition) is 2. The topological polar surface area (TPSA) is 66.4 Å². The second-order valence-corrected chi connectivity index (χ2v) is 5.23. The van der Waals surface area contributed by atoms with Gasteiger partial charge in [-0.3, -0.25) is 4.79 Å². The summed E-state index contributed by atoms with van der Waals surface area (Å²) in [6, 6.07) is 6.07. The van der Waals surface area contributed by atoms with E-state index in [4.69, 9.17) is 5.11 Å². The molecule has 4 nitrogen and oxygen atoms in total. The number of hydrogen-bond acceptors (Lipinski definition) is 2. The van der Waals surface area contributed by atoms with Crippen LogP contribution in [-0.2, 0) is 0 Å². The first-order valence-electron chi connectivity index (χ1n) is 6.54. The lowest BCUT2D eigenvalue weighted by Gasteiger charge is -2.15. The molecule has 0 spiro atoms. The molecule has 0 radical (unpaired) electrons. The van der Waals surface area contributed by atoms with Gasteiger partial charge in [-0.1, -0.05) is 13.8 Å². The zero-order valence-corrected chi connectivity index (χ0v) is 11.6. The fourth-order valence-electron chi connectivity index (χ4n) is 1.73. The van der Waals surface area contributed by atoms with E-state index < -0.39 is 5.97 Å². The van der Waals surface area contributed by atoms with Crippen LogP contribution in [0, 0.1) is 5.92 Å². The molecule has 0 bridgehead atoms. The highest BCUT2D eigenvalue weighted by atomic mass is 16.4. The fraction of sp³-hybridized carbons (Fsp3) is 0.467. The minimum atomic E-state index is -0.989. The van der Waals surface area contributed by atoms with Crippen LogP contribution in [0.15, 0.2) is 24.3 Å². The van der Waals surface area contributed by atoms with Crippen LogP contribution in [0.2, 0.25) is 0 Å². The van der Waals surface area contributed by atoms with Crippen LogP contribution in [0.25, 0.3) is 0 Å². The zero-order chi connectivity index (χ0) is 14.4. The van der Waals surface area contributed by atoms with Gasteiger partial charge < -0.3 is 10.4 Å². The number of carboxylic acid groups (broad SMARTS) is 1. The van der Waals surface area contributed by atoms with E-state index in [1.807, 2.05) is 6.92 Å². The van der Waals surface area contributed by atoms with E-state index in [0.717, 1.165) is 12.8 Å². The summed E-state index contributed by atoms with van der Waals surface area (Å²) >= 11 is 0. The molecule has 0 fully saturated rings. The van der Waals surface area contributed by atoms with Crippen molar-refractivity contribution in [1.82, 2.24) is 5.32 Å². The summed E-state index contributed by atoms with van der Waals surface area (Å²) in [6.45, 7) is 6.28. The Morgan fingerprint density at radius 2 is 1.58 bits per heavy atom. The van der Waals surface area contributed by atoms with Crippen molar-refractivity contribution in [3.05, 3.63) is 35.4 Å². The predicted molar refractivity (Wildman–Crippen MR) is 74.4 cm³/mol. The Bertz CT molecular complexity index is 437. The van der Waals surface area contributed by atoms with Crippen LogP contribution in [0.3, 0.4) is 0 Å². The smallest absolute Gasteiger partial charge is 0.335 e. The molecule has 1 rings (SSSR count). The van der Waals surface area contributed by atoms with Crippen molar-refractivity contribution in [2.24, 2.45) is 5.92 Å². The summed E-state index contributed by atoms with van der Waals surface area (Å²) in [6.07, 6.45) is 2.01. The van der Waals surface area contributed by atoms with Crippen molar-refractivity contribution >= 4 is 11.9 Å². The average molecular weight is 263 g/mol. The van der Waals surface area contributed by atoms with Crippen molar-refractivity contribution in [3.8, 4) is 0 Å². The molecule has 1 aromatic carbocycles. The first kappa shape index (κ1) is 15.2. The zero-order valence-electron chi connectivity index (χ0n) is 11.6. The van der Waals surface area contributed by atoms with Gasteiger partial charge in [0.25, 0.3) is 5.91 Å². The summed E-state index contributed by atoms with van der Waals surface area (Å²) in [5.74, 6) is -0.528. The SMILES string of the molecule is CC(C)CCC(C)NC(=O)c1ccc(C(=O)O)cc1. The molecule has 0 aliphatic carbocycles. The molecule has 0 aromatic heterocycles. The van der Waals surface area contributed by atoms with Crippen LogP contribution >= 0.6 is 0 Å². The van der Waals surface area contributed by atoms with Crippen molar-refractivity contribution in [2.45, 2.75) is 39.7 Å². The van der Waals surface area contributed by atoms with E-state index in [2.05, 4.69) is 19.2 Å². The Morgan fingerprint density at radius 3 is 2.05 bits per heavy atom. The average Bonchev–Trinajstić information content (AvgIpc) is 2.36. The Hall–Kier alpha value is -1.84. The van der Waals surface area contributed by atoms with Gasteiger partial charge in [0.15, 0.2) is 0 Å². The summed E-state index contributed by atoms with van der Waals surface area (Å²) < 4.78 is 0. The highest BCUT2D eigenvalue weighted by Gasteiger charge is 2.11. The van der Waals surface area contributed by atoms with Gasteiger partial charge in [-0.2, -0.15) is 0 Å². The lowest BCUT2D eigenvalue weighted by Crippen LogP contribution is -2.32. The molecule has 104 valence electrons. The quantitative estimate of drug-likeness (QED) is 0.829. The maximum Gasteiger partial charge on any atom is 0.335 e. The second kappa shape index (κ2) is 6.92. The molecule has 1 unspecified atom stereocenters. The molecule has 0 aliphatic rings. The largest absolute Gasteiger partial charge is 0.478 e. The Morgan fingerprint density at radius 1 is 1.05 bits per heavy atom. The normalized spacial score (nSPS) is 12.2. The van der Waals surface area contributed by atoms with Crippen LogP contribution in [0.5, 0.6) is 0 Å². The van der Waals surface area contributed by atoms with Crippen LogP contribution in [0.4, 0.5) is 0 Å². The van der Waals surface area contributed by atoms with Gasteiger partial charge in [-0.05, 0) is 49.9 Å². The summed E-state index contributed by atoms with van der Waals surface area (Å²) in [5, 5.41) is 11.7. The van der Waals surface area contributed by atoms with E-state index in [1.165, 1.54) is 24.3 Å². The highest BCUT2D eigenvalue weighted by molar-refractivity contribution is 5.95. The number of rotatable bonds is 6. The van der Waals surface area contributed by atoms with Gasteiger partial charge in [0, 0.05) is 11.6 Å². The Balaban J connectivity index is 2.55. The molecular weight excluding hydrogens is 242 g/mol. The predicted octanol–water partition coefficient (Wildman–Crippen LogP) is 2.94. The molecular formula is C15H21NO3. The lowest BCUT2D eigenvalue weighted by atomic mass is 10.0. The second-order valence-electron chi connectivity index (χ2n) is 5.23. The molecule has 1 amide bonds. The molecule has 0 saturated carbocycles. The monoisotopic (exact) mass is 263 g/mol. The number of nitrogens with one attached hydrogen (secondary N) is 1. The van der Waals surface area contributed by atoms with Gasteiger partial charge in [-0.15, -0.1) is 0 Å². The minimum absolute atomic E-state index is 0.119. The molecule has 1 atom stereocenters. The standard InChI is InChI=1S/C15H21NO3/c1-10(2)4-5-11(3)16-14(17)12-6-8-13(9-7-12)15(18)19/h6-11H,4-5H2,1-3H3,(H,16,17)(H,18,19). The maximum atomic E-state index is 11.9. The molecule has 19 heavy (non-hydrogen) atoms. The molecule has 1 aromatic rings. The van der Waals surface area contributed by atoms with Crippen molar-refractivity contribution in [2.75, 3.05) is 0 Å².